The third kappa shape index (κ3) is 3.59. The van der Waals surface area contributed by atoms with Crippen LogP contribution in [0, 0.1) is 5.41 Å². The molecule has 0 amide bonds. The van der Waals surface area contributed by atoms with Gasteiger partial charge < -0.3 is 10.1 Å². The van der Waals surface area contributed by atoms with Crippen molar-refractivity contribution >= 4 is 12.3 Å². The number of ether oxygens (including phenoxy) is 1. The van der Waals surface area contributed by atoms with Gasteiger partial charge in [-0.2, -0.15) is 0 Å². The summed E-state index contributed by atoms with van der Waals surface area (Å²) < 4.78 is 5.55. The van der Waals surface area contributed by atoms with E-state index in [0.29, 0.717) is 6.61 Å². The van der Waals surface area contributed by atoms with E-state index in [0.717, 1.165) is 16.9 Å². The predicted octanol–water partition coefficient (Wildman–Crippen LogP) is 3.78. The van der Waals surface area contributed by atoms with Gasteiger partial charge >= 0.3 is 0 Å². The maximum atomic E-state index is 7.19. The van der Waals surface area contributed by atoms with Crippen molar-refractivity contribution in [3.63, 3.8) is 0 Å². The van der Waals surface area contributed by atoms with Crippen LogP contribution in [-0.2, 0) is 0 Å². The number of benzene rings is 2. The summed E-state index contributed by atoms with van der Waals surface area (Å²) in [6.45, 7) is 0.541. The van der Waals surface area contributed by atoms with Crippen LogP contribution in [0.3, 0.4) is 0 Å². The summed E-state index contributed by atoms with van der Waals surface area (Å²) in [7, 11) is 0. The lowest BCUT2D eigenvalue weighted by Crippen LogP contribution is -1.92. The van der Waals surface area contributed by atoms with Crippen LogP contribution in [0.15, 0.2) is 60.7 Å². The normalized spacial score (nSPS) is 10.4. The molecular formula is C16H15NO. The molecule has 2 aromatic carbocycles. The molecule has 0 heterocycles. The Balaban J connectivity index is 1.89. The fourth-order valence-corrected chi connectivity index (χ4v) is 1.60. The first-order valence-corrected chi connectivity index (χ1v) is 5.83. The molecular weight excluding hydrogens is 222 g/mol. The largest absolute Gasteiger partial charge is 0.490 e. The van der Waals surface area contributed by atoms with Crippen LogP contribution in [0.2, 0.25) is 0 Å². The SMILES string of the molecule is N=Cc1cccc(/C=C/COc2ccccc2)c1. The van der Waals surface area contributed by atoms with E-state index < -0.39 is 0 Å². The zero-order valence-electron chi connectivity index (χ0n) is 10.0. The van der Waals surface area contributed by atoms with Gasteiger partial charge in [0.2, 0.25) is 0 Å². The number of nitrogens with one attached hydrogen (secondary N) is 1. The molecule has 0 aliphatic rings. The van der Waals surface area contributed by atoms with E-state index in [1.165, 1.54) is 6.21 Å². The Bertz CT molecular complexity index is 532. The van der Waals surface area contributed by atoms with E-state index in [2.05, 4.69) is 0 Å². The van der Waals surface area contributed by atoms with Crippen molar-refractivity contribution < 1.29 is 4.74 Å². The van der Waals surface area contributed by atoms with Crippen molar-refractivity contribution in [3.05, 3.63) is 71.8 Å². The molecule has 0 saturated carbocycles. The van der Waals surface area contributed by atoms with Gasteiger partial charge in [0.1, 0.15) is 12.4 Å². The Morgan fingerprint density at radius 1 is 0.944 bits per heavy atom. The van der Waals surface area contributed by atoms with Crippen LogP contribution < -0.4 is 4.74 Å². The van der Waals surface area contributed by atoms with Crippen molar-refractivity contribution in [3.8, 4) is 5.75 Å². The molecule has 0 fully saturated rings. The minimum absolute atomic E-state index is 0.541. The second-order valence-corrected chi connectivity index (χ2v) is 3.84. The van der Waals surface area contributed by atoms with Gasteiger partial charge in [0.05, 0.1) is 0 Å². The summed E-state index contributed by atoms with van der Waals surface area (Å²) in [5.41, 5.74) is 1.98. The van der Waals surface area contributed by atoms with Crippen LogP contribution in [-0.4, -0.2) is 12.8 Å². The Hall–Kier alpha value is -2.35. The van der Waals surface area contributed by atoms with Crippen molar-refractivity contribution in [1.82, 2.24) is 0 Å². The summed E-state index contributed by atoms with van der Waals surface area (Å²) in [6.07, 6.45) is 5.31. The average Bonchev–Trinajstić information content (AvgIpc) is 2.45. The minimum Gasteiger partial charge on any atom is -0.490 e. The molecule has 2 heteroatoms. The molecule has 2 nitrogen and oxygen atoms in total. The molecule has 0 atom stereocenters. The Labute approximate surface area is 107 Å². The maximum absolute atomic E-state index is 7.19. The van der Waals surface area contributed by atoms with Crippen molar-refractivity contribution in [2.45, 2.75) is 0 Å². The first kappa shape index (κ1) is 12.1. The monoisotopic (exact) mass is 237 g/mol. The molecule has 0 aromatic heterocycles. The summed E-state index contributed by atoms with van der Waals surface area (Å²) >= 11 is 0. The van der Waals surface area contributed by atoms with Gasteiger partial charge in [0.25, 0.3) is 0 Å². The average molecular weight is 237 g/mol. The highest BCUT2D eigenvalue weighted by molar-refractivity contribution is 5.78. The maximum Gasteiger partial charge on any atom is 0.119 e. The zero-order chi connectivity index (χ0) is 12.6. The molecule has 2 rings (SSSR count). The summed E-state index contributed by atoms with van der Waals surface area (Å²) in [5, 5.41) is 7.19. The molecule has 0 aliphatic heterocycles. The Morgan fingerprint density at radius 3 is 2.50 bits per heavy atom. The van der Waals surface area contributed by atoms with Crippen LogP contribution in [0.1, 0.15) is 11.1 Å². The van der Waals surface area contributed by atoms with Gasteiger partial charge in [-0.25, -0.2) is 0 Å². The molecule has 0 spiro atoms. The van der Waals surface area contributed by atoms with Crippen LogP contribution >= 0.6 is 0 Å². The highest BCUT2D eigenvalue weighted by atomic mass is 16.5. The first-order valence-electron chi connectivity index (χ1n) is 5.83. The third-order valence-electron chi connectivity index (χ3n) is 2.48. The van der Waals surface area contributed by atoms with Gasteiger partial charge in [0.15, 0.2) is 0 Å². The standard InChI is InChI=1S/C16H15NO/c17-13-15-7-4-6-14(12-15)8-5-11-18-16-9-2-1-3-10-16/h1-10,12-13,17H,11H2/b8-5+,17-13?. The first-order chi connectivity index (χ1) is 8.88. The van der Waals surface area contributed by atoms with E-state index in [-0.39, 0.29) is 0 Å². The smallest absolute Gasteiger partial charge is 0.119 e. The highest BCUT2D eigenvalue weighted by Gasteiger charge is 1.90. The van der Waals surface area contributed by atoms with Crippen molar-refractivity contribution in [2.24, 2.45) is 0 Å². The molecule has 2 aromatic rings. The summed E-state index contributed by atoms with van der Waals surface area (Å²) in [5.74, 6) is 0.871. The van der Waals surface area contributed by atoms with Crippen molar-refractivity contribution in [1.29, 1.82) is 5.41 Å². The lowest BCUT2D eigenvalue weighted by Gasteiger charge is -2.01. The predicted molar refractivity (Wildman–Crippen MR) is 75.3 cm³/mol. The Morgan fingerprint density at radius 2 is 1.72 bits per heavy atom. The lowest BCUT2D eigenvalue weighted by molar-refractivity contribution is 0.363. The van der Waals surface area contributed by atoms with Gasteiger partial charge in [-0.05, 0) is 35.4 Å². The highest BCUT2D eigenvalue weighted by Crippen LogP contribution is 2.09. The van der Waals surface area contributed by atoms with Crippen LogP contribution in [0.4, 0.5) is 0 Å². The zero-order valence-corrected chi connectivity index (χ0v) is 10.0. The van der Waals surface area contributed by atoms with Gasteiger partial charge in [0, 0.05) is 6.21 Å². The molecule has 90 valence electrons. The third-order valence-corrected chi connectivity index (χ3v) is 2.48. The molecule has 1 N–H and O–H groups in total. The van der Waals surface area contributed by atoms with Crippen LogP contribution in [0.25, 0.3) is 6.08 Å². The van der Waals surface area contributed by atoms with E-state index in [1.807, 2.05) is 66.7 Å². The summed E-state index contributed by atoms with van der Waals surface area (Å²) in [4.78, 5) is 0. The summed E-state index contributed by atoms with van der Waals surface area (Å²) in [6, 6.07) is 17.6. The fourth-order valence-electron chi connectivity index (χ4n) is 1.60. The topological polar surface area (TPSA) is 33.1 Å². The number of hydrogen-bond donors (Lipinski definition) is 1. The van der Waals surface area contributed by atoms with E-state index in [1.54, 1.807) is 0 Å². The quantitative estimate of drug-likeness (QED) is 0.789. The number of hydrogen-bond acceptors (Lipinski definition) is 2. The van der Waals surface area contributed by atoms with E-state index in [4.69, 9.17) is 10.1 Å². The fraction of sp³-hybridized carbons (Fsp3) is 0.0625. The second kappa shape index (κ2) is 6.40. The molecule has 0 unspecified atom stereocenters. The lowest BCUT2D eigenvalue weighted by atomic mass is 10.1. The molecule has 0 radical (unpaired) electrons. The van der Waals surface area contributed by atoms with E-state index in [9.17, 15) is 0 Å². The second-order valence-electron chi connectivity index (χ2n) is 3.84. The van der Waals surface area contributed by atoms with Crippen LogP contribution in [0.5, 0.6) is 5.75 Å². The molecule has 0 saturated heterocycles. The van der Waals surface area contributed by atoms with Gasteiger partial charge in [-0.1, -0.05) is 42.5 Å². The minimum atomic E-state index is 0.541. The van der Waals surface area contributed by atoms with E-state index >= 15 is 0 Å². The number of rotatable bonds is 5. The van der Waals surface area contributed by atoms with Gasteiger partial charge in [-0.15, -0.1) is 0 Å². The van der Waals surface area contributed by atoms with Crippen molar-refractivity contribution in [2.75, 3.05) is 6.61 Å². The molecule has 0 bridgehead atoms. The number of para-hydroxylation sites is 1. The van der Waals surface area contributed by atoms with Gasteiger partial charge in [-0.3, -0.25) is 0 Å². The molecule has 0 aliphatic carbocycles. The molecule has 18 heavy (non-hydrogen) atoms. The Kier molecular flexibility index (Phi) is 4.31.